The van der Waals surface area contributed by atoms with Crippen molar-refractivity contribution in [1.82, 2.24) is 15.1 Å². The molecular formula is C17H25N3O2. The van der Waals surface area contributed by atoms with E-state index >= 15 is 0 Å². The lowest BCUT2D eigenvalue weighted by molar-refractivity contribution is -0.133. The van der Waals surface area contributed by atoms with Crippen LogP contribution in [0.15, 0.2) is 24.3 Å². The summed E-state index contributed by atoms with van der Waals surface area (Å²) in [5.74, 6) is 1.12. The van der Waals surface area contributed by atoms with Crippen molar-refractivity contribution in [3.63, 3.8) is 0 Å². The number of ether oxygens (including phenoxy) is 1. The molecule has 1 saturated carbocycles. The first-order valence-electron chi connectivity index (χ1n) is 8.12. The Labute approximate surface area is 132 Å². The van der Waals surface area contributed by atoms with Gasteiger partial charge >= 0.3 is 0 Å². The van der Waals surface area contributed by atoms with Crippen LogP contribution < -0.4 is 10.1 Å². The SMILES string of the molecule is COc1ccc(CN(C(=O)CN2CCNCC2)C2CC2)cc1. The molecule has 0 atom stereocenters. The van der Waals surface area contributed by atoms with Crippen molar-refractivity contribution in [3.05, 3.63) is 29.8 Å². The summed E-state index contributed by atoms with van der Waals surface area (Å²) in [6.07, 6.45) is 2.28. The van der Waals surface area contributed by atoms with Crippen molar-refractivity contribution >= 4 is 5.91 Å². The molecule has 0 aromatic heterocycles. The zero-order chi connectivity index (χ0) is 15.4. The van der Waals surface area contributed by atoms with Crippen LogP contribution in [0.5, 0.6) is 5.75 Å². The highest BCUT2D eigenvalue weighted by Gasteiger charge is 2.33. The average Bonchev–Trinajstić information content (AvgIpc) is 3.39. The molecule has 0 spiro atoms. The van der Waals surface area contributed by atoms with Crippen LogP contribution >= 0.6 is 0 Å². The van der Waals surface area contributed by atoms with Gasteiger partial charge in [-0.25, -0.2) is 0 Å². The fraction of sp³-hybridized carbons (Fsp3) is 0.588. The van der Waals surface area contributed by atoms with Crippen molar-refractivity contribution in [1.29, 1.82) is 0 Å². The van der Waals surface area contributed by atoms with E-state index in [0.29, 0.717) is 19.1 Å². The zero-order valence-electron chi connectivity index (χ0n) is 13.3. The fourth-order valence-corrected chi connectivity index (χ4v) is 2.89. The van der Waals surface area contributed by atoms with E-state index < -0.39 is 0 Å². The molecule has 1 heterocycles. The van der Waals surface area contributed by atoms with Crippen LogP contribution in [0.1, 0.15) is 18.4 Å². The van der Waals surface area contributed by atoms with Gasteiger partial charge in [0.25, 0.3) is 0 Å². The number of carbonyl (C=O) groups excluding carboxylic acids is 1. The van der Waals surface area contributed by atoms with Gasteiger partial charge in [0.2, 0.25) is 5.91 Å². The van der Waals surface area contributed by atoms with Crippen molar-refractivity contribution in [2.75, 3.05) is 39.8 Å². The minimum absolute atomic E-state index is 0.264. The number of amides is 1. The van der Waals surface area contributed by atoms with Crippen molar-refractivity contribution in [2.45, 2.75) is 25.4 Å². The number of carbonyl (C=O) groups is 1. The molecule has 2 aliphatic rings. The Morgan fingerprint density at radius 2 is 1.95 bits per heavy atom. The molecule has 3 rings (SSSR count). The molecule has 1 aliphatic carbocycles. The Balaban J connectivity index is 1.60. The number of hydrogen-bond acceptors (Lipinski definition) is 4. The van der Waals surface area contributed by atoms with Gasteiger partial charge in [-0.05, 0) is 30.5 Å². The molecule has 120 valence electrons. The Hall–Kier alpha value is -1.59. The lowest BCUT2D eigenvalue weighted by atomic mass is 10.2. The minimum atomic E-state index is 0.264. The summed E-state index contributed by atoms with van der Waals surface area (Å²) in [6.45, 7) is 5.15. The second-order valence-electron chi connectivity index (χ2n) is 6.13. The van der Waals surface area contributed by atoms with Gasteiger partial charge in [0.05, 0.1) is 13.7 Å². The van der Waals surface area contributed by atoms with Crippen molar-refractivity contribution < 1.29 is 9.53 Å². The first-order chi connectivity index (χ1) is 10.8. The van der Waals surface area contributed by atoms with E-state index in [0.717, 1.165) is 44.8 Å². The molecular weight excluding hydrogens is 278 g/mol. The van der Waals surface area contributed by atoms with Gasteiger partial charge in [0.1, 0.15) is 5.75 Å². The van der Waals surface area contributed by atoms with Crippen molar-refractivity contribution in [2.24, 2.45) is 0 Å². The maximum Gasteiger partial charge on any atom is 0.237 e. The highest BCUT2D eigenvalue weighted by Crippen LogP contribution is 2.29. The van der Waals surface area contributed by atoms with E-state index in [1.165, 1.54) is 5.56 Å². The summed E-state index contributed by atoms with van der Waals surface area (Å²) in [7, 11) is 1.67. The summed E-state index contributed by atoms with van der Waals surface area (Å²) in [6, 6.07) is 8.46. The van der Waals surface area contributed by atoms with Crippen LogP contribution in [-0.4, -0.2) is 61.6 Å². The van der Waals surface area contributed by atoms with Crippen molar-refractivity contribution in [3.8, 4) is 5.75 Å². The molecule has 2 fully saturated rings. The maximum absolute atomic E-state index is 12.7. The first kappa shape index (κ1) is 15.3. The topological polar surface area (TPSA) is 44.8 Å². The minimum Gasteiger partial charge on any atom is -0.497 e. The van der Waals surface area contributed by atoms with E-state index in [2.05, 4.69) is 15.1 Å². The Kier molecular flexibility index (Phi) is 4.95. The van der Waals surface area contributed by atoms with Gasteiger partial charge in [-0.3, -0.25) is 9.69 Å². The Morgan fingerprint density at radius 3 is 2.55 bits per heavy atom. The van der Waals surface area contributed by atoms with Crippen LogP contribution in [0.3, 0.4) is 0 Å². The first-order valence-corrected chi connectivity index (χ1v) is 8.12. The Bertz CT molecular complexity index is 493. The third-order valence-corrected chi connectivity index (χ3v) is 4.39. The average molecular weight is 303 g/mol. The molecule has 1 N–H and O–H groups in total. The molecule has 1 aliphatic heterocycles. The summed E-state index contributed by atoms with van der Waals surface area (Å²) in [5, 5.41) is 3.32. The third-order valence-electron chi connectivity index (χ3n) is 4.39. The predicted octanol–water partition coefficient (Wildman–Crippen LogP) is 1.09. The summed E-state index contributed by atoms with van der Waals surface area (Å²) < 4.78 is 5.19. The zero-order valence-corrected chi connectivity index (χ0v) is 13.3. The van der Waals surface area contributed by atoms with E-state index in [1.807, 2.05) is 24.3 Å². The van der Waals surface area contributed by atoms with Gasteiger partial charge in [0.15, 0.2) is 0 Å². The van der Waals surface area contributed by atoms with Crippen LogP contribution in [0, 0.1) is 0 Å². The summed E-state index contributed by atoms with van der Waals surface area (Å²) in [4.78, 5) is 17.0. The van der Waals surface area contributed by atoms with Crippen LogP contribution in [0.4, 0.5) is 0 Å². The van der Waals surface area contributed by atoms with Crippen LogP contribution in [0.25, 0.3) is 0 Å². The van der Waals surface area contributed by atoms with Gasteiger partial charge in [-0.15, -0.1) is 0 Å². The number of nitrogens with zero attached hydrogens (tertiary/aromatic N) is 2. The monoisotopic (exact) mass is 303 g/mol. The van der Waals surface area contributed by atoms with Gasteiger partial charge in [0, 0.05) is 38.8 Å². The normalized spacial score (nSPS) is 19.0. The number of hydrogen-bond donors (Lipinski definition) is 1. The lowest BCUT2D eigenvalue weighted by Crippen LogP contribution is -2.48. The summed E-state index contributed by atoms with van der Waals surface area (Å²) >= 11 is 0. The largest absolute Gasteiger partial charge is 0.497 e. The third kappa shape index (κ3) is 3.99. The van der Waals surface area contributed by atoms with Crippen LogP contribution in [0.2, 0.25) is 0 Å². The van der Waals surface area contributed by atoms with Crippen LogP contribution in [-0.2, 0) is 11.3 Å². The Morgan fingerprint density at radius 1 is 1.27 bits per heavy atom. The van der Waals surface area contributed by atoms with E-state index in [9.17, 15) is 4.79 Å². The van der Waals surface area contributed by atoms with Gasteiger partial charge in [-0.2, -0.15) is 0 Å². The lowest BCUT2D eigenvalue weighted by Gasteiger charge is -2.30. The molecule has 1 saturated heterocycles. The van der Waals surface area contributed by atoms with E-state index in [4.69, 9.17) is 4.74 Å². The second-order valence-corrected chi connectivity index (χ2v) is 6.13. The number of methoxy groups -OCH3 is 1. The quantitative estimate of drug-likeness (QED) is 0.854. The number of benzene rings is 1. The molecule has 0 radical (unpaired) electrons. The van der Waals surface area contributed by atoms with Gasteiger partial charge < -0.3 is 15.0 Å². The molecule has 1 aromatic rings. The predicted molar refractivity (Wildman–Crippen MR) is 85.9 cm³/mol. The molecule has 5 heteroatoms. The number of rotatable bonds is 6. The standard InChI is InChI=1S/C17H25N3O2/c1-22-16-6-2-14(3-7-16)12-20(15-4-5-15)17(21)13-19-10-8-18-9-11-19/h2-3,6-7,15,18H,4-5,8-13H2,1H3. The van der Waals surface area contributed by atoms with Gasteiger partial charge in [-0.1, -0.05) is 12.1 Å². The van der Waals surface area contributed by atoms with E-state index in [1.54, 1.807) is 7.11 Å². The molecule has 0 bridgehead atoms. The molecule has 1 amide bonds. The molecule has 5 nitrogen and oxygen atoms in total. The molecule has 1 aromatic carbocycles. The smallest absolute Gasteiger partial charge is 0.237 e. The van der Waals surface area contributed by atoms with E-state index in [-0.39, 0.29) is 5.91 Å². The maximum atomic E-state index is 12.7. The highest BCUT2D eigenvalue weighted by atomic mass is 16.5. The number of piperazine rings is 1. The molecule has 22 heavy (non-hydrogen) atoms. The highest BCUT2D eigenvalue weighted by molar-refractivity contribution is 5.79. The molecule has 0 unspecified atom stereocenters. The summed E-state index contributed by atoms with van der Waals surface area (Å²) in [5.41, 5.74) is 1.17. The second kappa shape index (κ2) is 7.11. The number of nitrogens with one attached hydrogen (secondary N) is 1. The fourth-order valence-electron chi connectivity index (χ4n) is 2.89.